The maximum absolute atomic E-state index is 13.7. The van der Waals surface area contributed by atoms with Gasteiger partial charge in [-0.15, -0.1) is 11.3 Å². The Hall–Kier alpha value is -2.86. The summed E-state index contributed by atoms with van der Waals surface area (Å²) in [5.74, 6) is -0.110. The van der Waals surface area contributed by atoms with Crippen molar-refractivity contribution in [3.05, 3.63) is 70.5 Å². The minimum absolute atomic E-state index is 0.0395. The first-order valence-electron chi connectivity index (χ1n) is 11.5. The number of nitrogens with one attached hydrogen (secondary N) is 1. The summed E-state index contributed by atoms with van der Waals surface area (Å²) in [6, 6.07) is 18.3. The van der Waals surface area contributed by atoms with E-state index in [0.29, 0.717) is 18.8 Å². The lowest BCUT2D eigenvalue weighted by atomic mass is 9.93. The number of fused-ring (bicyclic) bond motifs is 1. The predicted molar refractivity (Wildman–Crippen MR) is 128 cm³/mol. The summed E-state index contributed by atoms with van der Waals surface area (Å²) in [6.45, 7) is 2.91. The van der Waals surface area contributed by atoms with Crippen LogP contribution in [0.3, 0.4) is 0 Å². The molecule has 3 aromatic rings. The van der Waals surface area contributed by atoms with Crippen LogP contribution in [0.4, 0.5) is 0 Å². The summed E-state index contributed by atoms with van der Waals surface area (Å²) in [5.41, 5.74) is 1.75. The number of aromatic nitrogens is 1. The van der Waals surface area contributed by atoms with Gasteiger partial charge in [0, 0.05) is 23.2 Å². The van der Waals surface area contributed by atoms with E-state index in [0.717, 1.165) is 43.4 Å². The van der Waals surface area contributed by atoms with Crippen molar-refractivity contribution in [1.82, 2.24) is 14.8 Å². The largest absolute Gasteiger partial charge is 0.351 e. The van der Waals surface area contributed by atoms with Crippen LogP contribution in [0.2, 0.25) is 0 Å². The van der Waals surface area contributed by atoms with Gasteiger partial charge in [0.25, 0.3) is 5.91 Å². The molecule has 32 heavy (non-hydrogen) atoms. The third-order valence-electron chi connectivity index (χ3n) is 6.92. The Morgan fingerprint density at radius 2 is 1.81 bits per heavy atom. The molecule has 1 aliphatic carbocycles. The second-order valence-corrected chi connectivity index (χ2v) is 10.1. The number of benzene rings is 1. The molecule has 0 radical (unpaired) electrons. The number of hydrogen-bond acceptors (Lipinski definition) is 3. The third-order valence-corrected chi connectivity index (χ3v) is 7.85. The minimum atomic E-state index is -0.938. The summed E-state index contributed by atoms with van der Waals surface area (Å²) in [4.78, 5) is 30.4. The molecule has 1 aliphatic heterocycles. The number of thiophene rings is 1. The van der Waals surface area contributed by atoms with Gasteiger partial charge in [0.1, 0.15) is 11.2 Å². The number of nitrogens with zero attached hydrogens (tertiary/aromatic N) is 2. The molecule has 2 amide bonds. The quantitative estimate of drug-likeness (QED) is 0.594. The molecule has 5 rings (SSSR count). The van der Waals surface area contributed by atoms with Crippen LogP contribution in [0.15, 0.2) is 60.0 Å². The Morgan fingerprint density at radius 1 is 1.06 bits per heavy atom. The van der Waals surface area contributed by atoms with Crippen LogP contribution in [0.5, 0.6) is 0 Å². The lowest BCUT2D eigenvalue weighted by Gasteiger charge is -2.45. The van der Waals surface area contributed by atoms with Crippen molar-refractivity contribution in [3.8, 4) is 11.3 Å². The first-order chi connectivity index (χ1) is 15.6. The van der Waals surface area contributed by atoms with Gasteiger partial charge in [0.2, 0.25) is 5.91 Å². The molecule has 3 heterocycles. The molecule has 1 unspecified atom stereocenters. The number of hydrogen-bond donors (Lipinski definition) is 1. The monoisotopic (exact) mass is 447 g/mol. The SMILES string of the molecule is CC1(C(=O)NC2CCCC2)Cn2c(ccc2-c2ccccc2)C(=O)N1CCc1cccs1. The Labute approximate surface area is 193 Å². The summed E-state index contributed by atoms with van der Waals surface area (Å²) in [7, 11) is 0. The Balaban J connectivity index is 1.50. The van der Waals surface area contributed by atoms with Crippen molar-refractivity contribution in [2.24, 2.45) is 0 Å². The summed E-state index contributed by atoms with van der Waals surface area (Å²) in [6.07, 6.45) is 5.11. The summed E-state index contributed by atoms with van der Waals surface area (Å²) >= 11 is 1.69. The van der Waals surface area contributed by atoms with Gasteiger partial charge in [-0.1, -0.05) is 49.2 Å². The average molecular weight is 448 g/mol. The van der Waals surface area contributed by atoms with Crippen LogP contribution in [0.25, 0.3) is 11.3 Å². The molecule has 5 nitrogen and oxygen atoms in total. The Morgan fingerprint density at radius 3 is 2.53 bits per heavy atom. The van der Waals surface area contributed by atoms with E-state index in [-0.39, 0.29) is 17.9 Å². The predicted octanol–water partition coefficient (Wildman–Crippen LogP) is 4.73. The van der Waals surface area contributed by atoms with E-state index >= 15 is 0 Å². The maximum atomic E-state index is 13.7. The van der Waals surface area contributed by atoms with Gasteiger partial charge in [0.05, 0.1) is 6.54 Å². The first-order valence-corrected chi connectivity index (χ1v) is 12.3. The molecule has 1 fully saturated rings. The molecule has 0 saturated heterocycles. The van der Waals surface area contributed by atoms with Crippen LogP contribution < -0.4 is 5.32 Å². The summed E-state index contributed by atoms with van der Waals surface area (Å²) in [5, 5.41) is 5.32. The Kier molecular flexibility index (Phi) is 5.64. The molecule has 2 aromatic heterocycles. The number of carbonyl (C=O) groups excluding carboxylic acids is 2. The molecular formula is C26H29N3O2S. The zero-order valence-electron chi connectivity index (χ0n) is 18.4. The van der Waals surface area contributed by atoms with Gasteiger partial charge in [-0.25, -0.2) is 0 Å². The zero-order chi connectivity index (χ0) is 22.1. The van der Waals surface area contributed by atoms with Crippen LogP contribution in [0, 0.1) is 0 Å². The molecule has 6 heteroatoms. The van der Waals surface area contributed by atoms with Gasteiger partial charge in [-0.3, -0.25) is 9.59 Å². The van der Waals surface area contributed by atoms with Crippen molar-refractivity contribution < 1.29 is 9.59 Å². The molecule has 1 aromatic carbocycles. The van der Waals surface area contributed by atoms with Crippen molar-refractivity contribution in [3.63, 3.8) is 0 Å². The van der Waals surface area contributed by atoms with Gasteiger partial charge in [0.15, 0.2) is 0 Å². The van der Waals surface area contributed by atoms with Crippen LogP contribution in [-0.4, -0.2) is 39.4 Å². The van der Waals surface area contributed by atoms with Gasteiger partial charge in [-0.05, 0) is 55.3 Å². The van der Waals surface area contributed by atoms with Gasteiger partial charge >= 0.3 is 0 Å². The van der Waals surface area contributed by atoms with Crippen LogP contribution in [-0.2, 0) is 17.8 Å². The highest BCUT2D eigenvalue weighted by Gasteiger charge is 2.48. The van der Waals surface area contributed by atoms with Crippen LogP contribution in [0.1, 0.15) is 48.0 Å². The van der Waals surface area contributed by atoms with Gasteiger partial charge < -0.3 is 14.8 Å². The van der Waals surface area contributed by atoms with Crippen LogP contribution >= 0.6 is 11.3 Å². The van der Waals surface area contributed by atoms with Gasteiger partial charge in [-0.2, -0.15) is 0 Å². The second-order valence-electron chi connectivity index (χ2n) is 9.07. The van der Waals surface area contributed by atoms with E-state index in [1.54, 1.807) is 16.2 Å². The number of carbonyl (C=O) groups is 2. The van der Waals surface area contributed by atoms with E-state index in [2.05, 4.69) is 16.8 Å². The molecular weight excluding hydrogens is 418 g/mol. The fourth-order valence-electron chi connectivity index (χ4n) is 5.07. The van der Waals surface area contributed by atoms with Crippen molar-refractivity contribution in [1.29, 1.82) is 0 Å². The standard InChI is InChI=1S/C26H29N3O2S/c1-26(25(31)27-20-10-5-6-11-20)18-28-22(19-8-3-2-4-9-19)13-14-23(28)24(30)29(26)16-15-21-12-7-17-32-21/h2-4,7-9,12-14,17,20H,5-6,10-11,15-16,18H2,1H3,(H,27,31). The zero-order valence-corrected chi connectivity index (χ0v) is 19.2. The second kappa shape index (κ2) is 8.58. The van der Waals surface area contributed by atoms with E-state index in [9.17, 15) is 9.59 Å². The molecule has 0 spiro atoms. The highest BCUT2D eigenvalue weighted by atomic mass is 32.1. The fourth-order valence-corrected chi connectivity index (χ4v) is 5.77. The van der Waals surface area contributed by atoms with E-state index in [1.807, 2.05) is 60.0 Å². The lowest BCUT2D eigenvalue weighted by molar-refractivity contribution is -0.133. The average Bonchev–Trinajstić information content (AvgIpc) is 3.56. The molecule has 1 atom stereocenters. The Bertz CT molecular complexity index is 1100. The first kappa shape index (κ1) is 21.0. The molecule has 1 saturated carbocycles. The highest BCUT2D eigenvalue weighted by Crippen LogP contribution is 2.34. The molecule has 1 N–H and O–H groups in total. The maximum Gasteiger partial charge on any atom is 0.271 e. The summed E-state index contributed by atoms with van der Waals surface area (Å²) < 4.78 is 2.04. The minimum Gasteiger partial charge on any atom is -0.351 e. The van der Waals surface area contributed by atoms with E-state index in [4.69, 9.17) is 0 Å². The number of amides is 2. The number of rotatable bonds is 6. The third kappa shape index (κ3) is 3.77. The smallest absolute Gasteiger partial charge is 0.271 e. The fraction of sp³-hybridized carbons (Fsp3) is 0.385. The van der Waals surface area contributed by atoms with Crippen molar-refractivity contribution in [2.75, 3.05) is 6.54 Å². The molecule has 0 bridgehead atoms. The van der Waals surface area contributed by atoms with E-state index < -0.39 is 5.54 Å². The topological polar surface area (TPSA) is 54.3 Å². The molecule has 2 aliphatic rings. The lowest BCUT2D eigenvalue weighted by Crippen LogP contribution is -2.65. The van der Waals surface area contributed by atoms with Crippen molar-refractivity contribution in [2.45, 2.75) is 57.2 Å². The van der Waals surface area contributed by atoms with E-state index in [1.165, 1.54) is 4.88 Å². The molecule has 166 valence electrons. The van der Waals surface area contributed by atoms with Crippen molar-refractivity contribution >= 4 is 23.2 Å². The highest BCUT2D eigenvalue weighted by molar-refractivity contribution is 7.09. The normalized spacial score (nSPS) is 21.0.